The number of hydrogen-bond donors (Lipinski definition) is 1. The minimum atomic E-state index is -0.0926. The predicted molar refractivity (Wildman–Crippen MR) is 98.8 cm³/mol. The van der Waals surface area contributed by atoms with E-state index in [0.717, 1.165) is 25.2 Å². The second-order valence-electron chi connectivity index (χ2n) is 7.24. The van der Waals surface area contributed by atoms with Gasteiger partial charge < -0.3 is 10.1 Å². The monoisotopic (exact) mass is 346 g/mol. The van der Waals surface area contributed by atoms with Gasteiger partial charge in [-0.3, -0.25) is 14.5 Å². The normalized spacial score (nSPS) is 18.3. The quantitative estimate of drug-likeness (QED) is 0.735. The van der Waals surface area contributed by atoms with Crippen molar-refractivity contribution in [2.45, 2.75) is 39.7 Å². The van der Waals surface area contributed by atoms with E-state index in [1.54, 1.807) is 0 Å². The summed E-state index contributed by atoms with van der Waals surface area (Å²) in [5, 5.41) is 2.90. The Bertz CT molecular complexity index is 569. The molecule has 138 valence electrons. The number of morpholine rings is 1. The van der Waals surface area contributed by atoms with Crippen LogP contribution in [0.5, 0.6) is 0 Å². The van der Waals surface area contributed by atoms with Gasteiger partial charge in [-0.05, 0) is 12.8 Å². The van der Waals surface area contributed by atoms with E-state index in [1.165, 1.54) is 0 Å². The highest BCUT2D eigenvalue weighted by molar-refractivity contribution is 5.97. The van der Waals surface area contributed by atoms with Crippen molar-refractivity contribution in [3.8, 4) is 0 Å². The maximum absolute atomic E-state index is 12.1. The lowest BCUT2D eigenvalue weighted by molar-refractivity contribution is -0.122. The fourth-order valence-corrected chi connectivity index (χ4v) is 3.01. The van der Waals surface area contributed by atoms with E-state index in [4.69, 9.17) is 4.74 Å². The lowest BCUT2D eigenvalue weighted by Gasteiger charge is -2.33. The molecule has 1 fully saturated rings. The van der Waals surface area contributed by atoms with Gasteiger partial charge in [0.1, 0.15) is 0 Å². The highest BCUT2D eigenvalue weighted by Gasteiger charge is 2.21. The topological polar surface area (TPSA) is 58.6 Å². The van der Waals surface area contributed by atoms with Crippen LogP contribution in [0.3, 0.4) is 0 Å². The van der Waals surface area contributed by atoms with E-state index < -0.39 is 0 Å². The van der Waals surface area contributed by atoms with Crippen molar-refractivity contribution in [3.63, 3.8) is 0 Å². The molecule has 0 aromatic heterocycles. The van der Waals surface area contributed by atoms with Crippen LogP contribution < -0.4 is 5.32 Å². The van der Waals surface area contributed by atoms with Gasteiger partial charge in [0.15, 0.2) is 5.78 Å². The number of nitrogens with one attached hydrogen (secondary N) is 1. The summed E-state index contributed by atoms with van der Waals surface area (Å²) in [5.41, 5.74) is 1.78. The minimum absolute atomic E-state index is 0.00664. The predicted octanol–water partition coefficient (Wildman–Crippen LogP) is 2.43. The van der Waals surface area contributed by atoms with Crippen LogP contribution in [-0.4, -0.2) is 55.5 Å². The molecule has 1 atom stereocenters. The third kappa shape index (κ3) is 6.96. The SMILES string of the molecule is Cc1ccc(C(=O)CCC(=O)NCC2CN(CC(C)C)CCO2)cc1. The molecule has 1 aliphatic rings. The number of hydrogen-bond acceptors (Lipinski definition) is 4. The maximum Gasteiger partial charge on any atom is 0.220 e. The number of nitrogens with zero attached hydrogens (tertiary/aromatic N) is 1. The van der Waals surface area contributed by atoms with Crippen LogP contribution in [0.1, 0.15) is 42.6 Å². The first-order valence-corrected chi connectivity index (χ1v) is 9.14. The van der Waals surface area contributed by atoms with Gasteiger partial charge >= 0.3 is 0 Å². The van der Waals surface area contributed by atoms with Crippen molar-refractivity contribution in [2.24, 2.45) is 5.92 Å². The average Bonchev–Trinajstić information content (AvgIpc) is 2.58. The van der Waals surface area contributed by atoms with Gasteiger partial charge in [0.05, 0.1) is 12.7 Å². The molecule has 1 aliphatic heterocycles. The van der Waals surface area contributed by atoms with Gasteiger partial charge in [-0.1, -0.05) is 43.7 Å². The molecular weight excluding hydrogens is 316 g/mol. The van der Waals surface area contributed by atoms with Crippen molar-refractivity contribution < 1.29 is 14.3 Å². The molecule has 0 bridgehead atoms. The van der Waals surface area contributed by atoms with Gasteiger partial charge in [-0.25, -0.2) is 0 Å². The molecule has 0 saturated carbocycles. The molecule has 1 unspecified atom stereocenters. The number of Topliss-reactive ketones (excluding diaryl/α,β-unsaturated/α-hetero) is 1. The molecule has 0 aliphatic carbocycles. The number of amides is 1. The smallest absolute Gasteiger partial charge is 0.220 e. The highest BCUT2D eigenvalue weighted by Crippen LogP contribution is 2.09. The number of carbonyl (C=O) groups is 2. The van der Waals surface area contributed by atoms with E-state index in [1.807, 2.05) is 31.2 Å². The summed E-state index contributed by atoms with van der Waals surface area (Å²) in [4.78, 5) is 26.5. The molecule has 1 N–H and O–H groups in total. The summed E-state index contributed by atoms with van der Waals surface area (Å²) >= 11 is 0. The zero-order chi connectivity index (χ0) is 18.2. The first-order valence-electron chi connectivity index (χ1n) is 9.14. The first-order chi connectivity index (χ1) is 11.9. The molecule has 0 spiro atoms. The van der Waals surface area contributed by atoms with Gasteiger partial charge in [0.25, 0.3) is 0 Å². The largest absolute Gasteiger partial charge is 0.374 e. The number of ketones is 1. The van der Waals surface area contributed by atoms with Crippen LogP contribution in [0.4, 0.5) is 0 Å². The van der Waals surface area contributed by atoms with Gasteiger partial charge in [-0.2, -0.15) is 0 Å². The van der Waals surface area contributed by atoms with Gasteiger partial charge in [-0.15, -0.1) is 0 Å². The van der Waals surface area contributed by atoms with Crippen molar-refractivity contribution >= 4 is 11.7 Å². The fourth-order valence-electron chi connectivity index (χ4n) is 3.01. The summed E-state index contributed by atoms with van der Waals surface area (Å²) in [5.74, 6) is 0.540. The lowest BCUT2D eigenvalue weighted by Crippen LogP contribution is -2.48. The molecule has 5 nitrogen and oxygen atoms in total. The average molecular weight is 346 g/mol. The van der Waals surface area contributed by atoms with Crippen LogP contribution in [0.2, 0.25) is 0 Å². The summed E-state index contributed by atoms with van der Waals surface area (Å²) in [6.45, 7) is 10.5. The molecule has 1 aromatic carbocycles. The molecular formula is C20H30N2O3. The first kappa shape index (κ1) is 19.6. The Kier molecular flexibility index (Phi) is 7.59. The number of benzene rings is 1. The van der Waals surface area contributed by atoms with Crippen LogP contribution >= 0.6 is 0 Å². The number of aryl methyl sites for hydroxylation is 1. The van der Waals surface area contributed by atoms with Crippen molar-refractivity contribution in [3.05, 3.63) is 35.4 Å². The number of ether oxygens (including phenoxy) is 1. The van der Waals surface area contributed by atoms with Crippen molar-refractivity contribution in [2.75, 3.05) is 32.8 Å². The number of carbonyl (C=O) groups excluding carboxylic acids is 2. The van der Waals surface area contributed by atoms with Gasteiger partial charge in [0.2, 0.25) is 5.91 Å². The van der Waals surface area contributed by atoms with E-state index in [9.17, 15) is 9.59 Å². The van der Waals surface area contributed by atoms with Crippen LogP contribution in [0.15, 0.2) is 24.3 Å². The molecule has 1 aromatic rings. The van der Waals surface area contributed by atoms with E-state index in [2.05, 4.69) is 24.1 Å². The summed E-state index contributed by atoms with van der Waals surface area (Å²) in [7, 11) is 0. The van der Waals surface area contributed by atoms with Crippen LogP contribution in [0.25, 0.3) is 0 Å². The summed E-state index contributed by atoms with van der Waals surface area (Å²) < 4.78 is 5.72. The Morgan fingerprint density at radius 3 is 2.64 bits per heavy atom. The minimum Gasteiger partial charge on any atom is -0.374 e. The summed E-state index contributed by atoms with van der Waals surface area (Å²) in [6, 6.07) is 7.46. The van der Waals surface area contributed by atoms with Gasteiger partial charge in [0, 0.05) is 44.6 Å². The van der Waals surface area contributed by atoms with Crippen molar-refractivity contribution in [1.82, 2.24) is 10.2 Å². The molecule has 1 heterocycles. The molecule has 1 saturated heterocycles. The molecule has 25 heavy (non-hydrogen) atoms. The Morgan fingerprint density at radius 2 is 1.96 bits per heavy atom. The zero-order valence-electron chi connectivity index (χ0n) is 15.6. The zero-order valence-corrected chi connectivity index (χ0v) is 15.6. The molecule has 1 amide bonds. The summed E-state index contributed by atoms with van der Waals surface area (Å²) in [6.07, 6.45) is 0.485. The van der Waals surface area contributed by atoms with Crippen molar-refractivity contribution in [1.29, 1.82) is 0 Å². The second kappa shape index (κ2) is 9.68. The Hall–Kier alpha value is -1.72. The van der Waals surface area contributed by atoms with E-state index in [-0.39, 0.29) is 30.6 Å². The van der Waals surface area contributed by atoms with E-state index >= 15 is 0 Å². The standard InChI is InChI=1S/C20H30N2O3/c1-15(2)13-22-10-11-25-18(14-22)12-21-20(24)9-8-19(23)17-6-4-16(3)5-7-17/h4-7,15,18H,8-14H2,1-3H3,(H,21,24). The Balaban J connectivity index is 1.68. The van der Waals surface area contributed by atoms with Crippen LogP contribution in [-0.2, 0) is 9.53 Å². The lowest BCUT2D eigenvalue weighted by atomic mass is 10.0. The Morgan fingerprint density at radius 1 is 1.24 bits per heavy atom. The fraction of sp³-hybridized carbons (Fsp3) is 0.600. The molecule has 5 heteroatoms. The maximum atomic E-state index is 12.1. The molecule has 2 rings (SSSR count). The number of rotatable bonds is 8. The second-order valence-corrected chi connectivity index (χ2v) is 7.24. The van der Waals surface area contributed by atoms with E-state index in [0.29, 0.717) is 24.6 Å². The Labute approximate surface area is 150 Å². The molecule has 0 radical (unpaired) electrons. The third-order valence-electron chi connectivity index (χ3n) is 4.33. The third-order valence-corrected chi connectivity index (χ3v) is 4.33. The highest BCUT2D eigenvalue weighted by atomic mass is 16.5. The van der Waals surface area contributed by atoms with Crippen LogP contribution in [0, 0.1) is 12.8 Å².